The van der Waals surface area contributed by atoms with Gasteiger partial charge in [-0.25, -0.2) is 4.39 Å². The number of nitrogens with one attached hydrogen (secondary N) is 1. The van der Waals surface area contributed by atoms with Gasteiger partial charge in [0, 0.05) is 12.1 Å². The van der Waals surface area contributed by atoms with Crippen LogP contribution < -0.4 is 5.32 Å². The molecule has 2 N–H and O–H groups in total. The first kappa shape index (κ1) is 13.2. The molecular weight excluding hydrogens is 245 g/mol. The summed E-state index contributed by atoms with van der Waals surface area (Å²) in [6, 6.07) is 12.7. The van der Waals surface area contributed by atoms with Crippen molar-refractivity contribution < 1.29 is 14.3 Å². The summed E-state index contributed by atoms with van der Waals surface area (Å²) in [6.07, 6.45) is 0. The lowest BCUT2D eigenvalue weighted by Crippen LogP contribution is -2.23. The predicted molar refractivity (Wildman–Crippen MR) is 69.9 cm³/mol. The molecule has 0 spiro atoms. The number of aliphatic hydroxyl groups excluding tert-OH is 1. The van der Waals surface area contributed by atoms with Crippen molar-refractivity contribution in [3.63, 3.8) is 0 Å². The van der Waals surface area contributed by atoms with E-state index in [-0.39, 0.29) is 18.3 Å². The van der Waals surface area contributed by atoms with Crippen LogP contribution in [0.15, 0.2) is 48.5 Å². The average molecular weight is 259 g/mol. The van der Waals surface area contributed by atoms with Gasteiger partial charge in [-0.05, 0) is 35.4 Å². The van der Waals surface area contributed by atoms with Crippen molar-refractivity contribution in [1.82, 2.24) is 5.32 Å². The van der Waals surface area contributed by atoms with E-state index in [2.05, 4.69) is 5.32 Å². The van der Waals surface area contributed by atoms with Crippen LogP contribution in [0.5, 0.6) is 0 Å². The standard InChI is InChI=1S/C15H14FNO2/c16-14-7-5-11(6-8-14)15(19)17-9-12-3-1-2-4-13(12)10-18/h1-8,18H,9-10H2,(H,17,19). The van der Waals surface area contributed by atoms with E-state index in [0.29, 0.717) is 12.1 Å². The largest absolute Gasteiger partial charge is 0.392 e. The zero-order valence-corrected chi connectivity index (χ0v) is 10.3. The highest BCUT2D eigenvalue weighted by Crippen LogP contribution is 2.09. The number of hydrogen-bond acceptors (Lipinski definition) is 2. The molecule has 0 radical (unpaired) electrons. The minimum atomic E-state index is -0.373. The summed E-state index contributed by atoms with van der Waals surface area (Å²) in [5, 5.41) is 11.9. The fraction of sp³-hybridized carbons (Fsp3) is 0.133. The molecule has 19 heavy (non-hydrogen) atoms. The van der Waals surface area contributed by atoms with Crippen LogP contribution in [0.3, 0.4) is 0 Å². The topological polar surface area (TPSA) is 49.3 Å². The van der Waals surface area contributed by atoms with Gasteiger partial charge in [-0.3, -0.25) is 4.79 Å². The Morgan fingerprint density at radius 1 is 1.05 bits per heavy atom. The van der Waals surface area contributed by atoms with Crippen LogP contribution in [0.2, 0.25) is 0 Å². The summed E-state index contributed by atoms with van der Waals surface area (Å²) in [4.78, 5) is 11.8. The van der Waals surface area contributed by atoms with Crippen molar-refractivity contribution in [2.75, 3.05) is 0 Å². The van der Waals surface area contributed by atoms with E-state index in [0.717, 1.165) is 11.1 Å². The maximum atomic E-state index is 12.7. The molecule has 2 aromatic rings. The van der Waals surface area contributed by atoms with E-state index >= 15 is 0 Å². The molecule has 2 rings (SSSR count). The molecule has 0 aliphatic carbocycles. The molecule has 2 aromatic carbocycles. The Kier molecular flexibility index (Phi) is 4.26. The van der Waals surface area contributed by atoms with Gasteiger partial charge in [-0.15, -0.1) is 0 Å². The van der Waals surface area contributed by atoms with Crippen LogP contribution in [-0.4, -0.2) is 11.0 Å². The number of amides is 1. The van der Waals surface area contributed by atoms with Crippen molar-refractivity contribution >= 4 is 5.91 Å². The van der Waals surface area contributed by atoms with Crippen LogP contribution in [0.1, 0.15) is 21.5 Å². The average Bonchev–Trinajstić information content (AvgIpc) is 2.45. The molecule has 0 saturated carbocycles. The van der Waals surface area contributed by atoms with Gasteiger partial charge < -0.3 is 10.4 Å². The first-order valence-corrected chi connectivity index (χ1v) is 5.92. The van der Waals surface area contributed by atoms with Crippen LogP contribution in [-0.2, 0) is 13.2 Å². The lowest BCUT2D eigenvalue weighted by Gasteiger charge is -2.09. The normalized spacial score (nSPS) is 10.2. The fourth-order valence-corrected chi connectivity index (χ4v) is 1.76. The van der Waals surface area contributed by atoms with Gasteiger partial charge >= 0.3 is 0 Å². The molecule has 0 aliphatic heterocycles. The number of halogens is 1. The Hall–Kier alpha value is -2.20. The van der Waals surface area contributed by atoms with Crippen LogP contribution >= 0.6 is 0 Å². The lowest BCUT2D eigenvalue weighted by atomic mass is 10.1. The molecule has 0 aliphatic rings. The Morgan fingerprint density at radius 2 is 1.68 bits per heavy atom. The third-order valence-electron chi connectivity index (χ3n) is 2.83. The SMILES string of the molecule is O=C(NCc1ccccc1CO)c1ccc(F)cc1. The second-order valence-corrected chi connectivity index (χ2v) is 4.12. The zero-order valence-electron chi connectivity index (χ0n) is 10.3. The number of hydrogen-bond donors (Lipinski definition) is 2. The molecule has 0 saturated heterocycles. The highest BCUT2D eigenvalue weighted by Gasteiger charge is 2.06. The van der Waals surface area contributed by atoms with Gasteiger partial charge in [0.1, 0.15) is 5.82 Å². The van der Waals surface area contributed by atoms with E-state index in [9.17, 15) is 14.3 Å². The molecule has 0 atom stereocenters. The monoisotopic (exact) mass is 259 g/mol. The van der Waals surface area contributed by atoms with Gasteiger partial charge in [-0.2, -0.15) is 0 Å². The number of rotatable bonds is 4. The number of benzene rings is 2. The smallest absolute Gasteiger partial charge is 0.251 e. The Morgan fingerprint density at radius 3 is 2.32 bits per heavy atom. The summed E-state index contributed by atoms with van der Waals surface area (Å²) in [5.74, 6) is -0.644. The minimum absolute atomic E-state index is 0.0669. The molecule has 0 heterocycles. The quantitative estimate of drug-likeness (QED) is 0.884. The number of carbonyl (C=O) groups is 1. The summed E-state index contributed by atoms with van der Waals surface area (Å²) in [5.41, 5.74) is 2.05. The van der Waals surface area contributed by atoms with Crippen LogP contribution in [0.25, 0.3) is 0 Å². The van der Waals surface area contributed by atoms with Gasteiger partial charge in [0.25, 0.3) is 5.91 Å². The number of aliphatic hydroxyl groups is 1. The van der Waals surface area contributed by atoms with Crippen molar-refractivity contribution in [2.45, 2.75) is 13.2 Å². The molecule has 98 valence electrons. The van der Waals surface area contributed by atoms with E-state index in [1.54, 1.807) is 6.07 Å². The molecule has 0 fully saturated rings. The summed E-state index contributed by atoms with van der Waals surface area (Å²) in [7, 11) is 0. The molecular formula is C15H14FNO2. The zero-order chi connectivity index (χ0) is 13.7. The Balaban J connectivity index is 2.02. The van der Waals surface area contributed by atoms with Crippen LogP contribution in [0, 0.1) is 5.82 Å². The summed E-state index contributed by atoms with van der Waals surface area (Å²) < 4.78 is 12.7. The van der Waals surface area contributed by atoms with Crippen molar-refractivity contribution in [3.05, 3.63) is 71.0 Å². The molecule has 0 bridgehead atoms. The lowest BCUT2D eigenvalue weighted by molar-refractivity contribution is 0.0950. The van der Waals surface area contributed by atoms with E-state index < -0.39 is 0 Å². The molecule has 0 aromatic heterocycles. The van der Waals surface area contributed by atoms with Crippen molar-refractivity contribution in [3.8, 4) is 0 Å². The predicted octanol–water partition coefficient (Wildman–Crippen LogP) is 2.25. The highest BCUT2D eigenvalue weighted by molar-refractivity contribution is 5.94. The first-order chi connectivity index (χ1) is 9.20. The maximum Gasteiger partial charge on any atom is 0.251 e. The Bertz CT molecular complexity index is 567. The second kappa shape index (κ2) is 6.11. The molecule has 4 heteroatoms. The van der Waals surface area contributed by atoms with Gasteiger partial charge in [-0.1, -0.05) is 24.3 Å². The molecule has 0 unspecified atom stereocenters. The highest BCUT2D eigenvalue weighted by atomic mass is 19.1. The van der Waals surface area contributed by atoms with Crippen molar-refractivity contribution in [1.29, 1.82) is 0 Å². The molecule has 3 nitrogen and oxygen atoms in total. The summed E-state index contributed by atoms with van der Waals surface area (Å²) >= 11 is 0. The fourth-order valence-electron chi connectivity index (χ4n) is 1.76. The number of carbonyl (C=O) groups excluding carboxylic acids is 1. The third kappa shape index (κ3) is 3.39. The Labute approximate surface area is 110 Å². The second-order valence-electron chi connectivity index (χ2n) is 4.12. The maximum absolute atomic E-state index is 12.7. The van der Waals surface area contributed by atoms with E-state index in [1.165, 1.54) is 24.3 Å². The first-order valence-electron chi connectivity index (χ1n) is 5.92. The minimum Gasteiger partial charge on any atom is -0.392 e. The van der Waals surface area contributed by atoms with E-state index in [4.69, 9.17) is 0 Å². The van der Waals surface area contributed by atoms with Crippen molar-refractivity contribution in [2.24, 2.45) is 0 Å². The van der Waals surface area contributed by atoms with Gasteiger partial charge in [0.05, 0.1) is 6.61 Å². The van der Waals surface area contributed by atoms with Gasteiger partial charge in [0.15, 0.2) is 0 Å². The van der Waals surface area contributed by atoms with Crippen LogP contribution in [0.4, 0.5) is 4.39 Å². The van der Waals surface area contributed by atoms with E-state index in [1.807, 2.05) is 18.2 Å². The van der Waals surface area contributed by atoms with Gasteiger partial charge in [0.2, 0.25) is 0 Å². The summed E-state index contributed by atoms with van der Waals surface area (Å²) in [6.45, 7) is 0.259. The third-order valence-corrected chi connectivity index (χ3v) is 2.83. The molecule has 1 amide bonds.